The zero-order valence-corrected chi connectivity index (χ0v) is 13.1. The van der Waals surface area contributed by atoms with E-state index in [-0.39, 0.29) is 0 Å². The smallest absolute Gasteiger partial charge is 0.135 e. The predicted molar refractivity (Wildman–Crippen MR) is 86.5 cm³/mol. The molecule has 0 bridgehead atoms. The van der Waals surface area contributed by atoms with Gasteiger partial charge < -0.3 is 10.6 Å². The SMILES string of the molecule is Cc1cc(Br)cnc1N1CC(CCN)c2ccccc21. The lowest BCUT2D eigenvalue weighted by molar-refractivity contribution is 0.666. The number of hydrogen-bond donors (Lipinski definition) is 1. The minimum Gasteiger partial charge on any atom is -0.330 e. The molecule has 3 rings (SSSR count). The molecule has 1 unspecified atom stereocenters. The normalized spacial score (nSPS) is 17.4. The zero-order chi connectivity index (χ0) is 14.1. The van der Waals surface area contributed by atoms with Crippen LogP contribution in [0.25, 0.3) is 0 Å². The molecule has 2 heterocycles. The van der Waals surface area contributed by atoms with E-state index in [0.717, 1.165) is 29.8 Å². The molecule has 0 saturated carbocycles. The van der Waals surface area contributed by atoms with E-state index in [9.17, 15) is 0 Å². The van der Waals surface area contributed by atoms with Crippen LogP contribution in [-0.2, 0) is 0 Å². The van der Waals surface area contributed by atoms with Crippen LogP contribution in [0.1, 0.15) is 23.5 Å². The Bertz CT molecular complexity index is 627. The Morgan fingerprint density at radius 2 is 2.20 bits per heavy atom. The number of halogens is 1. The fraction of sp³-hybridized carbons (Fsp3) is 0.312. The molecular formula is C16H18BrN3. The van der Waals surface area contributed by atoms with Crippen molar-refractivity contribution in [3.8, 4) is 0 Å². The van der Waals surface area contributed by atoms with Gasteiger partial charge in [-0.2, -0.15) is 0 Å². The molecule has 0 radical (unpaired) electrons. The Morgan fingerprint density at radius 1 is 1.40 bits per heavy atom. The molecule has 1 aromatic heterocycles. The van der Waals surface area contributed by atoms with Crippen LogP contribution in [0, 0.1) is 6.92 Å². The molecule has 104 valence electrons. The van der Waals surface area contributed by atoms with Crippen molar-refractivity contribution in [3.63, 3.8) is 0 Å². The van der Waals surface area contributed by atoms with Gasteiger partial charge in [-0.15, -0.1) is 0 Å². The maximum atomic E-state index is 5.76. The molecule has 1 aliphatic rings. The quantitative estimate of drug-likeness (QED) is 0.931. The van der Waals surface area contributed by atoms with Crippen LogP contribution in [-0.4, -0.2) is 18.1 Å². The number of nitrogens with two attached hydrogens (primary N) is 1. The molecule has 0 aliphatic carbocycles. The largest absolute Gasteiger partial charge is 0.330 e. The number of aromatic nitrogens is 1. The maximum Gasteiger partial charge on any atom is 0.135 e. The second-order valence-electron chi connectivity index (χ2n) is 5.24. The van der Waals surface area contributed by atoms with Crippen molar-refractivity contribution < 1.29 is 0 Å². The molecule has 1 atom stereocenters. The van der Waals surface area contributed by atoms with Crippen LogP contribution < -0.4 is 10.6 Å². The van der Waals surface area contributed by atoms with E-state index in [1.54, 1.807) is 0 Å². The Labute approximate surface area is 127 Å². The molecule has 2 aromatic rings. The van der Waals surface area contributed by atoms with E-state index in [1.807, 2.05) is 6.20 Å². The predicted octanol–water partition coefficient (Wildman–Crippen LogP) is 3.74. The van der Waals surface area contributed by atoms with Crippen LogP contribution in [0.2, 0.25) is 0 Å². The van der Waals surface area contributed by atoms with Crippen molar-refractivity contribution >= 4 is 27.4 Å². The van der Waals surface area contributed by atoms with Gasteiger partial charge in [-0.25, -0.2) is 4.98 Å². The molecular weight excluding hydrogens is 314 g/mol. The summed E-state index contributed by atoms with van der Waals surface area (Å²) in [7, 11) is 0. The fourth-order valence-corrected chi connectivity index (χ4v) is 3.41. The van der Waals surface area contributed by atoms with Crippen molar-refractivity contribution in [1.29, 1.82) is 0 Å². The van der Waals surface area contributed by atoms with Gasteiger partial charge in [0.1, 0.15) is 5.82 Å². The molecule has 0 fully saturated rings. The third-order valence-corrected chi connectivity index (χ3v) is 4.29. The van der Waals surface area contributed by atoms with E-state index in [2.05, 4.69) is 63.1 Å². The van der Waals surface area contributed by atoms with Crippen LogP contribution >= 0.6 is 15.9 Å². The lowest BCUT2D eigenvalue weighted by Gasteiger charge is -2.21. The summed E-state index contributed by atoms with van der Waals surface area (Å²) in [5.74, 6) is 1.54. The Kier molecular flexibility index (Phi) is 3.76. The van der Waals surface area contributed by atoms with Gasteiger partial charge in [0.25, 0.3) is 0 Å². The van der Waals surface area contributed by atoms with E-state index in [4.69, 9.17) is 5.73 Å². The Balaban J connectivity index is 2.03. The molecule has 1 aromatic carbocycles. The summed E-state index contributed by atoms with van der Waals surface area (Å²) in [5.41, 5.74) is 9.60. The van der Waals surface area contributed by atoms with E-state index >= 15 is 0 Å². The van der Waals surface area contributed by atoms with Gasteiger partial charge in [-0.3, -0.25) is 0 Å². The van der Waals surface area contributed by atoms with Crippen molar-refractivity contribution in [2.45, 2.75) is 19.3 Å². The topological polar surface area (TPSA) is 42.2 Å². The lowest BCUT2D eigenvalue weighted by atomic mass is 9.98. The number of fused-ring (bicyclic) bond motifs is 1. The van der Waals surface area contributed by atoms with E-state index in [0.29, 0.717) is 5.92 Å². The number of rotatable bonds is 3. The summed E-state index contributed by atoms with van der Waals surface area (Å²) in [6.45, 7) is 3.79. The van der Waals surface area contributed by atoms with Gasteiger partial charge in [-0.05, 0) is 59.1 Å². The molecule has 4 heteroatoms. The highest BCUT2D eigenvalue weighted by molar-refractivity contribution is 9.10. The number of para-hydroxylation sites is 1. The Hall–Kier alpha value is -1.39. The number of pyridine rings is 1. The monoisotopic (exact) mass is 331 g/mol. The Morgan fingerprint density at radius 3 is 2.95 bits per heavy atom. The number of anilines is 2. The van der Waals surface area contributed by atoms with Gasteiger partial charge in [0.2, 0.25) is 0 Å². The minimum absolute atomic E-state index is 0.501. The van der Waals surface area contributed by atoms with E-state index < -0.39 is 0 Å². The van der Waals surface area contributed by atoms with Crippen molar-refractivity contribution in [2.75, 3.05) is 18.0 Å². The molecule has 0 saturated heterocycles. The molecule has 0 spiro atoms. The van der Waals surface area contributed by atoms with Crippen molar-refractivity contribution in [2.24, 2.45) is 5.73 Å². The first-order valence-electron chi connectivity index (χ1n) is 6.89. The van der Waals surface area contributed by atoms with Crippen LogP contribution in [0.3, 0.4) is 0 Å². The summed E-state index contributed by atoms with van der Waals surface area (Å²) in [6.07, 6.45) is 2.88. The summed E-state index contributed by atoms with van der Waals surface area (Å²) in [6, 6.07) is 10.7. The second kappa shape index (κ2) is 5.54. The molecule has 2 N–H and O–H groups in total. The second-order valence-corrected chi connectivity index (χ2v) is 6.15. The minimum atomic E-state index is 0.501. The van der Waals surface area contributed by atoms with Gasteiger partial charge in [0.15, 0.2) is 0 Å². The van der Waals surface area contributed by atoms with Crippen molar-refractivity contribution in [3.05, 3.63) is 52.1 Å². The van der Waals surface area contributed by atoms with E-state index in [1.165, 1.54) is 16.8 Å². The van der Waals surface area contributed by atoms with Crippen LogP contribution in [0.5, 0.6) is 0 Å². The van der Waals surface area contributed by atoms with Gasteiger partial charge >= 0.3 is 0 Å². The number of hydrogen-bond acceptors (Lipinski definition) is 3. The highest BCUT2D eigenvalue weighted by Gasteiger charge is 2.29. The first-order valence-corrected chi connectivity index (χ1v) is 7.68. The summed E-state index contributed by atoms with van der Waals surface area (Å²) in [5, 5.41) is 0. The molecule has 20 heavy (non-hydrogen) atoms. The first kappa shape index (κ1) is 13.6. The molecule has 1 aliphatic heterocycles. The molecule has 3 nitrogen and oxygen atoms in total. The highest BCUT2D eigenvalue weighted by Crippen LogP contribution is 2.42. The van der Waals surface area contributed by atoms with Crippen LogP contribution in [0.15, 0.2) is 41.0 Å². The number of aryl methyl sites for hydroxylation is 1. The maximum absolute atomic E-state index is 5.76. The highest BCUT2D eigenvalue weighted by atomic mass is 79.9. The summed E-state index contributed by atoms with van der Waals surface area (Å²) in [4.78, 5) is 6.92. The van der Waals surface area contributed by atoms with Gasteiger partial charge in [0.05, 0.1) is 0 Å². The third kappa shape index (κ3) is 2.34. The van der Waals surface area contributed by atoms with Gasteiger partial charge in [-0.1, -0.05) is 18.2 Å². The third-order valence-electron chi connectivity index (χ3n) is 3.86. The number of nitrogens with zero attached hydrogens (tertiary/aromatic N) is 2. The van der Waals surface area contributed by atoms with Crippen LogP contribution in [0.4, 0.5) is 11.5 Å². The average molecular weight is 332 g/mol. The van der Waals surface area contributed by atoms with Gasteiger partial charge in [0, 0.05) is 28.8 Å². The summed E-state index contributed by atoms with van der Waals surface area (Å²) < 4.78 is 1.02. The average Bonchev–Trinajstić information content (AvgIpc) is 2.79. The van der Waals surface area contributed by atoms with Crippen molar-refractivity contribution in [1.82, 2.24) is 4.98 Å². The fourth-order valence-electron chi connectivity index (χ4n) is 2.96. The first-order chi connectivity index (χ1) is 9.70. The zero-order valence-electron chi connectivity index (χ0n) is 11.5. The molecule has 0 amide bonds. The summed E-state index contributed by atoms with van der Waals surface area (Å²) >= 11 is 3.48. The number of benzene rings is 1. The standard InChI is InChI=1S/C16H18BrN3/c1-11-8-13(17)9-19-16(11)20-10-12(6-7-18)14-4-2-3-5-15(14)20/h2-5,8-9,12H,6-7,10,18H2,1H3. The lowest BCUT2D eigenvalue weighted by Crippen LogP contribution is -2.19.